The van der Waals surface area contributed by atoms with Crippen LogP contribution in [0.3, 0.4) is 0 Å². The summed E-state index contributed by atoms with van der Waals surface area (Å²) in [5.41, 5.74) is 7.59. The summed E-state index contributed by atoms with van der Waals surface area (Å²) in [6.07, 6.45) is 1.36. The van der Waals surface area contributed by atoms with Crippen LogP contribution in [0, 0.1) is 0 Å². The van der Waals surface area contributed by atoms with Gasteiger partial charge in [-0.2, -0.15) is 0 Å². The molecule has 0 bridgehead atoms. The minimum atomic E-state index is -0.792. The second-order valence-corrected chi connectivity index (χ2v) is 10.8. The van der Waals surface area contributed by atoms with E-state index < -0.39 is 5.60 Å². The van der Waals surface area contributed by atoms with E-state index in [1.807, 2.05) is 90.4 Å². The molecule has 0 saturated carbocycles. The molecular formula is C32H30ClN3O2S. The van der Waals surface area contributed by atoms with Gasteiger partial charge in [0.05, 0.1) is 21.3 Å². The van der Waals surface area contributed by atoms with E-state index in [1.54, 1.807) is 11.3 Å². The third-order valence-electron chi connectivity index (χ3n) is 7.43. The number of nitrogens with one attached hydrogen (secondary N) is 1. The highest BCUT2D eigenvalue weighted by atomic mass is 35.5. The Morgan fingerprint density at radius 2 is 1.64 bits per heavy atom. The van der Waals surface area contributed by atoms with E-state index in [1.165, 1.54) is 0 Å². The van der Waals surface area contributed by atoms with Gasteiger partial charge in [-0.25, -0.2) is 4.98 Å². The molecule has 0 aliphatic carbocycles. The van der Waals surface area contributed by atoms with Gasteiger partial charge in [0.2, 0.25) is 0 Å². The summed E-state index contributed by atoms with van der Waals surface area (Å²) in [6, 6.07) is 32.0. The van der Waals surface area contributed by atoms with Crippen molar-refractivity contribution in [2.24, 2.45) is 0 Å². The molecule has 7 heteroatoms. The fourth-order valence-electron chi connectivity index (χ4n) is 5.26. The van der Waals surface area contributed by atoms with Gasteiger partial charge in [0.15, 0.2) is 0 Å². The van der Waals surface area contributed by atoms with Crippen molar-refractivity contribution in [2.45, 2.75) is 25.0 Å². The summed E-state index contributed by atoms with van der Waals surface area (Å²) in [5.74, 6) is -0.141. The van der Waals surface area contributed by atoms with Crippen LogP contribution < -0.4 is 5.32 Å². The number of rotatable bonds is 6. The minimum absolute atomic E-state index is 0. The van der Waals surface area contributed by atoms with Gasteiger partial charge in [0, 0.05) is 30.9 Å². The maximum Gasteiger partial charge on any atom is 0.255 e. The van der Waals surface area contributed by atoms with Crippen molar-refractivity contribution < 1.29 is 9.90 Å². The fourth-order valence-corrected chi connectivity index (χ4v) is 5.92. The van der Waals surface area contributed by atoms with Crippen molar-refractivity contribution in [1.29, 1.82) is 0 Å². The Bertz CT molecular complexity index is 1560. The van der Waals surface area contributed by atoms with E-state index in [4.69, 9.17) is 0 Å². The highest BCUT2D eigenvalue weighted by molar-refractivity contribution is 7.16. The predicted octanol–water partition coefficient (Wildman–Crippen LogP) is 7.12. The van der Waals surface area contributed by atoms with Crippen LogP contribution in [0.1, 0.15) is 34.3 Å². The number of carbonyl (C=O) groups excluding carboxylic acids is 1. The van der Waals surface area contributed by atoms with Gasteiger partial charge in [-0.05, 0) is 65.4 Å². The number of thiazole rings is 1. The summed E-state index contributed by atoms with van der Waals surface area (Å²) in [6.45, 7) is 2.27. The molecule has 4 aromatic carbocycles. The Kier molecular flexibility index (Phi) is 8.10. The fraction of sp³-hybridized carbons (Fsp3) is 0.188. The lowest BCUT2D eigenvalue weighted by Crippen LogP contribution is -2.42. The van der Waals surface area contributed by atoms with Gasteiger partial charge in [0.1, 0.15) is 0 Å². The van der Waals surface area contributed by atoms with Crippen LogP contribution in [0.25, 0.3) is 21.3 Å². The van der Waals surface area contributed by atoms with E-state index in [0.29, 0.717) is 24.9 Å². The Hall–Kier alpha value is -3.55. The number of halogens is 1. The first kappa shape index (κ1) is 27.0. The molecule has 5 aromatic rings. The quantitative estimate of drug-likeness (QED) is 0.234. The predicted molar refractivity (Wildman–Crippen MR) is 162 cm³/mol. The topological polar surface area (TPSA) is 65.5 Å². The summed E-state index contributed by atoms with van der Waals surface area (Å²) < 4.78 is 1.10. The molecule has 6 rings (SSSR count). The number of nitrogens with zero attached hydrogens (tertiary/aromatic N) is 2. The molecule has 1 aliphatic heterocycles. The average molecular weight is 556 g/mol. The lowest BCUT2D eigenvalue weighted by atomic mass is 9.84. The lowest BCUT2D eigenvalue weighted by molar-refractivity contribution is -0.0277. The average Bonchev–Trinajstić information content (AvgIpc) is 3.43. The van der Waals surface area contributed by atoms with Crippen molar-refractivity contribution >= 4 is 45.6 Å². The molecular weight excluding hydrogens is 526 g/mol. The number of hydrogen-bond donors (Lipinski definition) is 2. The van der Waals surface area contributed by atoms with Crippen molar-refractivity contribution in [2.75, 3.05) is 18.4 Å². The smallest absolute Gasteiger partial charge is 0.255 e. The zero-order chi connectivity index (χ0) is 26.0. The summed E-state index contributed by atoms with van der Waals surface area (Å²) >= 11 is 1.58. The molecule has 1 amide bonds. The van der Waals surface area contributed by atoms with Gasteiger partial charge in [-0.1, -0.05) is 66.7 Å². The maximum atomic E-state index is 13.2. The van der Waals surface area contributed by atoms with Gasteiger partial charge in [-0.15, -0.1) is 23.7 Å². The Labute approximate surface area is 238 Å². The van der Waals surface area contributed by atoms with Gasteiger partial charge in [-0.3, -0.25) is 9.69 Å². The van der Waals surface area contributed by atoms with Gasteiger partial charge in [0.25, 0.3) is 5.91 Å². The number of likely N-dealkylation sites (tertiary alicyclic amines) is 1. The molecule has 1 fully saturated rings. The SMILES string of the molecule is Cl.O=C(Nc1ccc2scnc2c1)c1ccc(-c2ccccc2)c(CN2CCC(O)(c3ccccc3)CC2)c1. The maximum absolute atomic E-state index is 13.2. The summed E-state index contributed by atoms with van der Waals surface area (Å²) in [5, 5.41) is 14.3. The van der Waals surface area contributed by atoms with Crippen molar-refractivity contribution in [3.63, 3.8) is 0 Å². The molecule has 1 saturated heterocycles. The second kappa shape index (κ2) is 11.7. The van der Waals surface area contributed by atoms with E-state index in [9.17, 15) is 9.90 Å². The van der Waals surface area contributed by atoms with E-state index in [0.717, 1.165) is 51.2 Å². The number of benzene rings is 4. The van der Waals surface area contributed by atoms with E-state index in [-0.39, 0.29) is 18.3 Å². The summed E-state index contributed by atoms with van der Waals surface area (Å²) in [4.78, 5) is 20.0. The molecule has 39 heavy (non-hydrogen) atoms. The van der Waals surface area contributed by atoms with Crippen molar-refractivity contribution in [1.82, 2.24) is 9.88 Å². The van der Waals surface area contributed by atoms with Crippen LogP contribution in [-0.4, -0.2) is 34.0 Å². The lowest BCUT2D eigenvalue weighted by Gasteiger charge is -2.38. The third-order valence-corrected chi connectivity index (χ3v) is 8.24. The highest BCUT2D eigenvalue weighted by Gasteiger charge is 2.34. The monoisotopic (exact) mass is 555 g/mol. The number of aromatic nitrogens is 1. The molecule has 2 heterocycles. The van der Waals surface area contributed by atoms with Crippen LogP contribution in [0.15, 0.2) is 103 Å². The number of aliphatic hydroxyl groups is 1. The number of amides is 1. The Morgan fingerprint density at radius 1 is 0.923 bits per heavy atom. The molecule has 0 unspecified atom stereocenters. The van der Waals surface area contributed by atoms with Crippen LogP contribution in [0.2, 0.25) is 0 Å². The number of hydrogen-bond acceptors (Lipinski definition) is 5. The molecule has 0 spiro atoms. The first-order chi connectivity index (χ1) is 18.6. The third kappa shape index (κ3) is 5.89. The first-order valence-electron chi connectivity index (χ1n) is 12.9. The second-order valence-electron chi connectivity index (χ2n) is 9.90. The molecule has 0 radical (unpaired) electrons. The van der Waals surface area contributed by atoms with Gasteiger partial charge < -0.3 is 10.4 Å². The largest absolute Gasteiger partial charge is 0.385 e. The molecule has 2 N–H and O–H groups in total. The standard InChI is InChI=1S/C32H29N3O2S.ClH/c36-31(34-27-12-14-30-29(20-27)33-22-38-30)24-11-13-28(23-7-3-1-4-8-23)25(19-24)21-35-17-15-32(37,16-18-35)26-9-5-2-6-10-26;/h1-14,19-20,22,37H,15-18,21H2,(H,34,36);1H. The van der Waals surface area contributed by atoms with Crippen LogP contribution in [-0.2, 0) is 12.1 Å². The van der Waals surface area contributed by atoms with Crippen molar-refractivity contribution in [3.05, 3.63) is 119 Å². The minimum Gasteiger partial charge on any atom is -0.385 e. The molecule has 5 nitrogen and oxygen atoms in total. The zero-order valence-electron chi connectivity index (χ0n) is 21.4. The first-order valence-corrected chi connectivity index (χ1v) is 13.8. The molecule has 1 aliphatic rings. The van der Waals surface area contributed by atoms with E-state index >= 15 is 0 Å². The Morgan fingerprint density at radius 3 is 2.38 bits per heavy atom. The van der Waals surface area contributed by atoms with Gasteiger partial charge >= 0.3 is 0 Å². The van der Waals surface area contributed by atoms with Crippen LogP contribution in [0.4, 0.5) is 5.69 Å². The normalized spacial score (nSPS) is 15.0. The highest BCUT2D eigenvalue weighted by Crippen LogP contribution is 2.34. The number of piperidine rings is 1. The molecule has 1 aromatic heterocycles. The summed E-state index contributed by atoms with van der Waals surface area (Å²) in [7, 11) is 0. The van der Waals surface area contributed by atoms with E-state index in [2.05, 4.69) is 27.3 Å². The molecule has 0 atom stereocenters. The van der Waals surface area contributed by atoms with Crippen LogP contribution >= 0.6 is 23.7 Å². The number of carbonyl (C=O) groups is 1. The number of anilines is 1. The Balaban J connectivity index is 0.00000308. The zero-order valence-corrected chi connectivity index (χ0v) is 23.0. The van der Waals surface area contributed by atoms with Crippen LogP contribution in [0.5, 0.6) is 0 Å². The number of fused-ring (bicyclic) bond motifs is 1. The molecule has 198 valence electrons. The van der Waals surface area contributed by atoms with Crippen molar-refractivity contribution in [3.8, 4) is 11.1 Å².